The van der Waals surface area contributed by atoms with Gasteiger partial charge in [0.15, 0.2) is 0 Å². The van der Waals surface area contributed by atoms with Crippen LogP contribution in [0.3, 0.4) is 0 Å². The van der Waals surface area contributed by atoms with E-state index in [1.54, 1.807) is 10.9 Å². The summed E-state index contributed by atoms with van der Waals surface area (Å²) in [5.74, 6) is -0.236. The predicted octanol–water partition coefficient (Wildman–Crippen LogP) is 6.27. The Kier molecular flexibility index (Phi) is 8.59. The van der Waals surface area contributed by atoms with Gasteiger partial charge in [-0.15, -0.1) is 0 Å². The largest absolute Gasteiger partial charge is 0.444 e. The Hall–Kier alpha value is -3.95. The molecule has 0 bridgehead atoms. The summed E-state index contributed by atoms with van der Waals surface area (Å²) in [5.41, 5.74) is 0.652. The Morgan fingerprint density at radius 1 is 1.07 bits per heavy atom. The Morgan fingerprint density at radius 3 is 2.56 bits per heavy atom. The molecule has 2 aromatic carbocycles. The standard InChI is InChI=1S/C35H44FN5O4/c1-34(2,3)45-32(43)38-27-14-18-41(30(20-27)24-9-5-4-6-10-24)33(44)39-17-13-25(35(22-39)15-7-8-16-35)21-40-23-37-29-12-11-26(36)19-28(29)31(40)42/h4-6,9-12,19,23,25,27,30H,7-8,13-18,20-22H2,1-3H3,(H,38,43)/t25?,27-,30+/m1/s1. The van der Waals surface area contributed by atoms with Crippen molar-refractivity contribution in [2.24, 2.45) is 11.3 Å². The van der Waals surface area contributed by atoms with Crippen LogP contribution >= 0.6 is 0 Å². The van der Waals surface area contributed by atoms with E-state index in [1.165, 1.54) is 18.2 Å². The fourth-order valence-electron chi connectivity index (χ4n) is 7.77. The highest BCUT2D eigenvalue weighted by molar-refractivity contribution is 5.77. The normalized spacial score (nSPS) is 23.3. The van der Waals surface area contributed by atoms with Crippen LogP contribution in [0.15, 0.2) is 59.7 Å². The van der Waals surface area contributed by atoms with Crippen LogP contribution in [0.5, 0.6) is 0 Å². The van der Waals surface area contributed by atoms with Crippen molar-refractivity contribution in [2.45, 2.75) is 89.9 Å². The molecule has 1 unspecified atom stereocenters. The van der Waals surface area contributed by atoms with E-state index in [2.05, 4.69) is 10.3 Å². The highest BCUT2D eigenvalue weighted by Gasteiger charge is 2.48. The number of carbonyl (C=O) groups excluding carboxylic acids is 2. The van der Waals surface area contributed by atoms with Crippen molar-refractivity contribution in [3.05, 3.63) is 76.6 Å². The number of fused-ring (bicyclic) bond motifs is 1. The molecule has 240 valence electrons. The summed E-state index contributed by atoms with van der Waals surface area (Å²) in [6, 6.07) is 13.9. The van der Waals surface area contributed by atoms with E-state index in [4.69, 9.17) is 4.74 Å². The zero-order valence-corrected chi connectivity index (χ0v) is 26.5. The third-order valence-electron chi connectivity index (χ3n) is 9.95. The molecule has 1 N–H and O–H groups in total. The van der Waals surface area contributed by atoms with Crippen molar-refractivity contribution in [1.82, 2.24) is 24.7 Å². The maximum atomic E-state index is 14.3. The fraction of sp³-hybridized carbons (Fsp3) is 0.543. The number of piperidine rings is 2. The Morgan fingerprint density at radius 2 is 1.82 bits per heavy atom. The van der Waals surface area contributed by atoms with E-state index in [9.17, 15) is 18.8 Å². The minimum absolute atomic E-state index is 0.0318. The van der Waals surface area contributed by atoms with Gasteiger partial charge in [0.05, 0.1) is 23.3 Å². The third-order valence-corrected chi connectivity index (χ3v) is 9.95. The maximum absolute atomic E-state index is 14.3. The molecule has 6 rings (SSSR count). The van der Waals surface area contributed by atoms with Crippen LogP contribution in [0.25, 0.3) is 10.9 Å². The number of ether oxygens (including phenoxy) is 1. The molecule has 1 spiro atoms. The zero-order valence-electron chi connectivity index (χ0n) is 26.5. The first-order valence-electron chi connectivity index (χ1n) is 16.3. The van der Waals surface area contributed by atoms with Crippen molar-refractivity contribution in [3.63, 3.8) is 0 Å². The van der Waals surface area contributed by atoms with Gasteiger partial charge >= 0.3 is 12.1 Å². The number of nitrogens with zero attached hydrogens (tertiary/aromatic N) is 4. The molecule has 3 aliphatic rings. The van der Waals surface area contributed by atoms with Gasteiger partial charge in [0.1, 0.15) is 11.4 Å². The second kappa shape index (κ2) is 12.4. The molecule has 1 aliphatic carbocycles. The summed E-state index contributed by atoms with van der Waals surface area (Å²) >= 11 is 0. The number of likely N-dealkylation sites (tertiary alicyclic amines) is 2. The molecule has 3 fully saturated rings. The Balaban J connectivity index is 1.19. The van der Waals surface area contributed by atoms with E-state index >= 15 is 0 Å². The third kappa shape index (κ3) is 6.70. The van der Waals surface area contributed by atoms with Gasteiger partial charge in [-0.1, -0.05) is 43.2 Å². The summed E-state index contributed by atoms with van der Waals surface area (Å²) in [4.78, 5) is 48.7. The van der Waals surface area contributed by atoms with Gasteiger partial charge < -0.3 is 19.9 Å². The lowest BCUT2D eigenvalue weighted by Crippen LogP contribution is -2.57. The van der Waals surface area contributed by atoms with Crippen LogP contribution < -0.4 is 10.9 Å². The van der Waals surface area contributed by atoms with Crippen molar-refractivity contribution >= 4 is 23.0 Å². The van der Waals surface area contributed by atoms with Gasteiger partial charge in [0.2, 0.25) is 0 Å². The Labute approximate surface area is 263 Å². The van der Waals surface area contributed by atoms with Crippen LogP contribution in [0.2, 0.25) is 0 Å². The van der Waals surface area contributed by atoms with Crippen LogP contribution in [0.4, 0.5) is 14.0 Å². The van der Waals surface area contributed by atoms with E-state index in [1.807, 2.05) is 60.9 Å². The smallest absolute Gasteiger partial charge is 0.407 e. The molecule has 45 heavy (non-hydrogen) atoms. The van der Waals surface area contributed by atoms with Crippen molar-refractivity contribution in [1.29, 1.82) is 0 Å². The number of benzene rings is 2. The molecule has 1 saturated carbocycles. The molecule has 9 nitrogen and oxygen atoms in total. The number of halogens is 1. The number of aromatic nitrogens is 2. The fourth-order valence-corrected chi connectivity index (χ4v) is 7.77. The average molecular weight is 618 g/mol. The lowest BCUT2D eigenvalue weighted by atomic mass is 9.69. The van der Waals surface area contributed by atoms with Gasteiger partial charge in [-0.25, -0.2) is 19.0 Å². The molecular formula is C35H44FN5O4. The molecule has 3 aromatic rings. The second-order valence-corrected chi connectivity index (χ2v) is 14.1. The highest BCUT2D eigenvalue weighted by Crippen LogP contribution is 2.49. The van der Waals surface area contributed by atoms with Gasteiger partial charge in [0.25, 0.3) is 5.56 Å². The van der Waals surface area contributed by atoms with E-state index in [0.717, 1.165) is 37.7 Å². The van der Waals surface area contributed by atoms with Crippen molar-refractivity contribution in [2.75, 3.05) is 19.6 Å². The van der Waals surface area contributed by atoms with Crippen LogP contribution in [0.1, 0.15) is 77.3 Å². The van der Waals surface area contributed by atoms with Crippen molar-refractivity contribution < 1.29 is 18.7 Å². The number of amides is 3. The summed E-state index contributed by atoms with van der Waals surface area (Å²) in [6.45, 7) is 7.83. The number of alkyl carbamates (subject to hydrolysis) is 1. The number of urea groups is 1. The quantitative estimate of drug-likeness (QED) is 0.372. The maximum Gasteiger partial charge on any atom is 0.407 e. The number of rotatable bonds is 4. The predicted molar refractivity (Wildman–Crippen MR) is 170 cm³/mol. The van der Waals surface area contributed by atoms with E-state index in [-0.39, 0.29) is 35.0 Å². The molecule has 2 saturated heterocycles. The first-order valence-corrected chi connectivity index (χ1v) is 16.3. The van der Waals surface area contributed by atoms with E-state index in [0.29, 0.717) is 49.9 Å². The molecule has 3 amide bonds. The second-order valence-electron chi connectivity index (χ2n) is 14.1. The van der Waals surface area contributed by atoms with Gasteiger partial charge in [-0.2, -0.15) is 0 Å². The number of hydrogen-bond acceptors (Lipinski definition) is 5. The summed E-state index contributed by atoms with van der Waals surface area (Å²) in [6.07, 6.45) is 7.41. The van der Waals surface area contributed by atoms with Gasteiger partial charge in [-0.05, 0) is 88.0 Å². The summed E-state index contributed by atoms with van der Waals surface area (Å²) in [5, 5.41) is 3.33. The monoisotopic (exact) mass is 617 g/mol. The number of carbonyl (C=O) groups is 2. The summed E-state index contributed by atoms with van der Waals surface area (Å²) in [7, 11) is 0. The lowest BCUT2D eigenvalue weighted by Gasteiger charge is -2.49. The molecule has 2 aliphatic heterocycles. The molecule has 3 atom stereocenters. The van der Waals surface area contributed by atoms with Gasteiger partial charge in [-0.3, -0.25) is 9.36 Å². The minimum atomic E-state index is -0.585. The lowest BCUT2D eigenvalue weighted by molar-refractivity contribution is 0.0194. The first-order chi connectivity index (χ1) is 21.5. The molecule has 10 heteroatoms. The average Bonchev–Trinajstić information content (AvgIpc) is 3.47. The zero-order chi connectivity index (χ0) is 31.8. The topological polar surface area (TPSA) is 96.8 Å². The van der Waals surface area contributed by atoms with Crippen molar-refractivity contribution in [3.8, 4) is 0 Å². The van der Waals surface area contributed by atoms with Crippen LogP contribution in [0, 0.1) is 17.2 Å². The summed E-state index contributed by atoms with van der Waals surface area (Å²) < 4.78 is 21.1. The highest BCUT2D eigenvalue weighted by atomic mass is 19.1. The van der Waals surface area contributed by atoms with E-state index < -0.39 is 17.5 Å². The molecular weight excluding hydrogens is 573 g/mol. The van der Waals surface area contributed by atoms with Gasteiger partial charge in [0, 0.05) is 32.2 Å². The first kappa shape index (κ1) is 31.0. The number of hydrogen-bond donors (Lipinski definition) is 1. The SMILES string of the molecule is CC(C)(C)OC(=O)N[C@@H]1CCN(C(=O)N2CCC(Cn3cnc4ccc(F)cc4c3=O)C3(CCCC3)C2)[C@H](c2ccccc2)C1. The van der Waals surface area contributed by atoms with Crippen LogP contribution in [-0.4, -0.2) is 62.8 Å². The molecule has 0 radical (unpaired) electrons. The number of nitrogens with one attached hydrogen (secondary N) is 1. The van der Waals surface area contributed by atoms with Crippen LogP contribution in [-0.2, 0) is 11.3 Å². The Bertz CT molecular complexity index is 1600. The molecule has 3 heterocycles. The minimum Gasteiger partial charge on any atom is -0.444 e. The molecule has 1 aromatic heterocycles.